The molecule has 18 heavy (non-hydrogen) atoms. The molecule has 0 atom stereocenters. The van der Waals surface area contributed by atoms with Crippen LogP contribution >= 0.6 is 0 Å². The van der Waals surface area contributed by atoms with Crippen molar-refractivity contribution >= 4 is 5.69 Å². The second kappa shape index (κ2) is 4.16. The predicted molar refractivity (Wildman–Crippen MR) is 62.9 cm³/mol. The minimum atomic E-state index is -4.30. The number of alkyl halides is 3. The van der Waals surface area contributed by atoms with E-state index in [1.165, 1.54) is 12.1 Å². The van der Waals surface area contributed by atoms with Crippen LogP contribution in [-0.4, -0.2) is 17.1 Å². The fourth-order valence-corrected chi connectivity index (χ4v) is 3.06. The highest BCUT2D eigenvalue weighted by Gasteiger charge is 2.41. The largest absolute Gasteiger partial charge is 0.418 e. The molecule has 2 heterocycles. The summed E-state index contributed by atoms with van der Waals surface area (Å²) < 4.78 is 38.6. The van der Waals surface area contributed by atoms with Gasteiger partial charge in [-0.25, -0.2) is 5.01 Å². The molecule has 2 saturated heterocycles. The summed E-state index contributed by atoms with van der Waals surface area (Å²) in [6.45, 7) is 0. The number of benzene rings is 1. The third-order valence-corrected chi connectivity index (χ3v) is 3.94. The first-order valence-corrected chi connectivity index (χ1v) is 6.27. The number of hydrazine groups is 1. The standard InChI is InChI=1S/C13H15F3N2/c14-13(15,16)11-3-1-2-4-12(11)17-18-9-5-6-10(18)8-7-9/h1-4,9-10,17H,5-8H2. The predicted octanol–water partition coefficient (Wildman–Crippen LogP) is 3.66. The van der Waals surface area contributed by atoms with Gasteiger partial charge in [-0.1, -0.05) is 12.1 Å². The fourth-order valence-electron chi connectivity index (χ4n) is 3.06. The van der Waals surface area contributed by atoms with Gasteiger partial charge in [0.15, 0.2) is 0 Å². The van der Waals surface area contributed by atoms with Crippen LogP contribution in [0.4, 0.5) is 18.9 Å². The molecule has 5 heteroatoms. The molecule has 0 unspecified atom stereocenters. The van der Waals surface area contributed by atoms with Gasteiger partial charge in [-0.3, -0.25) is 0 Å². The Morgan fingerprint density at radius 2 is 1.56 bits per heavy atom. The molecule has 1 aromatic rings. The van der Waals surface area contributed by atoms with Gasteiger partial charge in [-0.2, -0.15) is 13.2 Å². The zero-order chi connectivity index (χ0) is 12.8. The van der Waals surface area contributed by atoms with E-state index in [1.54, 1.807) is 6.07 Å². The number of anilines is 1. The summed E-state index contributed by atoms with van der Waals surface area (Å²) in [6.07, 6.45) is 0.0533. The Morgan fingerprint density at radius 3 is 2.11 bits per heavy atom. The molecule has 0 aromatic heterocycles. The third-order valence-electron chi connectivity index (χ3n) is 3.94. The van der Waals surface area contributed by atoms with Crippen molar-refractivity contribution < 1.29 is 13.2 Å². The van der Waals surface area contributed by atoms with Gasteiger partial charge in [0.25, 0.3) is 0 Å². The summed E-state index contributed by atoms with van der Waals surface area (Å²) in [6, 6.07) is 6.48. The van der Waals surface area contributed by atoms with Crippen LogP contribution in [-0.2, 0) is 6.18 Å². The number of para-hydroxylation sites is 1. The number of hydrogen-bond acceptors (Lipinski definition) is 2. The van der Waals surface area contributed by atoms with Crippen LogP contribution in [0.15, 0.2) is 24.3 Å². The number of fused-ring (bicyclic) bond motifs is 2. The molecule has 0 saturated carbocycles. The van der Waals surface area contributed by atoms with Gasteiger partial charge >= 0.3 is 6.18 Å². The molecule has 0 radical (unpaired) electrons. The van der Waals surface area contributed by atoms with E-state index in [-0.39, 0.29) is 5.69 Å². The van der Waals surface area contributed by atoms with Crippen molar-refractivity contribution in [3.8, 4) is 0 Å². The van der Waals surface area contributed by atoms with Crippen LogP contribution in [0.5, 0.6) is 0 Å². The summed E-state index contributed by atoms with van der Waals surface area (Å²) in [5.74, 6) is 0. The molecular weight excluding hydrogens is 241 g/mol. The lowest BCUT2D eigenvalue weighted by molar-refractivity contribution is -0.137. The number of nitrogens with zero attached hydrogens (tertiary/aromatic N) is 1. The van der Waals surface area contributed by atoms with Gasteiger partial charge in [-0.15, -0.1) is 0 Å². The molecular formula is C13H15F3N2. The van der Waals surface area contributed by atoms with Crippen molar-refractivity contribution in [2.75, 3.05) is 5.43 Å². The van der Waals surface area contributed by atoms with Gasteiger partial charge in [0.1, 0.15) is 0 Å². The first-order valence-electron chi connectivity index (χ1n) is 6.27. The highest BCUT2D eigenvalue weighted by Crippen LogP contribution is 2.40. The van der Waals surface area contributed by atoms with Crippen LogP contribution in [0.3, 0.4) is 0 Å². The molecule has 1 N–H and O–H groups in total. The fraction of sp³-hybridized carbons (Fsp3) is 0.538. The van der Waals surface area contributed by atoms with Crippen LogP contribution in [0.1, 0.15) is 31.2 Å². The Morgan fingerprint density at radius 1 is 1.00 bits per heavy atom. The van der Waals surface area contributed by atoms with Crippen molar-refractivity contribution in [2.45, 2.75) is 43.9 Å². The monoisotopic (exact) mass is 256 g/mol. The molecule has 0 spiro atoms. The first kappa shape index (κ1) is 11.8. The number of rotatable bonds is 2. The first-order chi connectivity index (χ1) is 8.55. The van der Waals surface area contributed by atoms with Crippen LogP contribution < -0.4 is 5.43 Å². The average molecular weight is 256 g/mol. The second-order valence-electron chi connectivity index (χ2n) is 5.02. The summed E-state index contributed by atoms with van der Waals surface area (Å²) >= 11 is 0. The Labute approximate surface area is 104 Å². The Balaban J connectivity index is 1.85. The van der Waals surface area contributed by atoms with Crippen molar-refractivity contribution in [3.63, 3.8) is 0 Å². The second-order valence-corrected chi connectivity index (χ2v) is 5.02. The minimum absolute atomic E-state index is 0.170. The van der Waals surface area contributed by atoms with Crippen molar-refractivity contribution in [2.24, 2.45) is 0 Å². The summed E-state index contributed by atoms with van der Waals surface area (Å²) in [4.78, 5) is 0. The number of halogens is 3. The van der Waals surface area contributed by atoms with Crippen molar-refractivity contribution in [1.29, 1.82) is 0 Å². The number of hydrogen-bond donors (Lipinski definition) is 1. The Hall–Kier alpha value is -1.23. The van der Waals surface area contributed by atoms with Gasteiger partial charge in [0, 0.05) is 12.1 Å². The topological polar surface area (TPSA) is 15.3 Å². The van der Waals surface area contributed by atoms with E-state index in [9.17, 15) is 13.2 Å². The van der Waals surface area contributed by atoms with Gasteiger partial charge in [0.2, 0.25) is 0 Å². The molecule has 2 nitrogen and oxygen atoms in total. The lowest BCUT2D eigenvalue weighted by atomic mass is 10.0. The smallest absolute Gasteiger partial charge is 0.318 e. The quantitative estimate of drug-likeness (QED) is 0.868. The highest BCUT2D eigenvalue weighted by atomic mass is 19.4. The van der Waals surface area contributed by atoms with Gasteiger partial charge in [-0.05, 0) is 37.8 Å². The summed E-state index contributed by atoms with van der Waals surface area (Å²) in [5.41, 5.74) is 2.57. The van der Waals surface area contributed by atoms with E-state index in [2.05, 4.69) is 5.43 Å². The molecule has 2 aliphatic rings. The van der Waals surface area contributed by atoms with Gasteiger partial charge < -0.3 is 5.43 Å². The van der Waals surface area contributed by atoms with Crippen LogP contribution in [0.25, 0.3) is 0 Å². The number of nitrogens with one attached hydrogen (secondary N) is 1. The molecule has 0 aliphatic carbocycles. The molecule has 98 valence electrons. The van der Waals surface area contributed by atoms with Crippen molar-refractivity contribution in [1.82, 2.24) is 5.01 Å². The van der Waals surface area contributed by atoms with E-state index in [0.29, 0.717) is 12.1 Å². The van der Waals surface area contributed by atoms with E-state index < -0.39 is 11.7 Å². The SMILES string of the molecule is FC(F)(F)c1ccccc1NN1C2CCC1CC2. The zero-order valence-corrected chi connectivity index (χ0v) is 9.87. The maximum Gasteiger partial charge on any atom is 0.418 e. The van der Waals surface area contributed by atoms with E-state index >= 15 is 0 Å². The Bertz CT molecular complexity index is 424. The van der Waals surface area contributed by atoms with Crippen LogP contribution in [0.2, 0.25) is 0 Å². The lowest BCUT2D eigenvalue weighted by Gasteiger charge is -2.25. The molecule has 3 rings (SSSR count). The minimum Gasteiger partial charge on any atom is -0.318 e. The van der Waals surface area contributed by atoms with Gasteiger partial charge in [0.05, 0.1) is 11.3 Å². The normalized spacial score (nSPS) is 27.7. The molecule has 2 bridgehead atoms. The Kier molecular flexibility index (Phi) is 2.73. The average Bonchev–Trinajstić information content (AvgIpc) is 2.88. The van der Waals surface area contributed by atoms with Crippen LogP contribution in [0, 0.1) is 0 Å². The summed E-state index contributed by atoms with van der Waals surface area (Å²) in [7, 11) is 0. The highest BCUT2D eigenvalue weighted by molar-refractivity contribution is 5.52. The van der Waals surface area contributed by atoms with E-state index in [4.69, 9.17) is 0 Å². The molecule has 1 aromatic carbocycles. The summed E-state index contributed by atoms with van der Waals surface area (Å²) in [5, 5.41) is 2.02. The lowest BCUT2D eigenvalue weighted by Crippen LogP contribution is -2.35. The maximum atomic E-state index is 12.9. The molecule has 2 fully saturated rings. The molecule has 2 aliphatic heterocycles. The molecule has 0 amide bonds. The van der Waals surface area contributed by atoms with E-state index in [0.717, 1.165) is 31.7 Å². The van der Waals surface area contributed by atoms with E-state index in [1.807, 2.05) is 5.01 Å². The zero-order valence-electron chi connectivity index (χ0n) is 9.87. The maximum absolute atomic E-state index is 12.9. The van der Waals surface area contributed by atoms with Crippen molar-refractivity contribution in [3.05, 3.63) is 29.8 Å². The third kappa shape index (κ3) is 1.96.